The SMILES string of the molecule is Oc1cccc(CNc2ccc(Cl)cn2)c1. The lowest BCUT2D eigenvalue weighted by atomic mass is 10.2. The minimum Gasteiger partial charge on any atom is -0.508 e. The maximum Gasteiger partial charge on any atom is 0.126 e. The molecule has 1 aromatic heterocycles. The number of benzene rings is 1. The predicted octanol–water partition coefficient (Wildman–Crippen LogP) is 3.05. The highest BCUT2D eigenvalue weighted by Gasteiger charge is 1.96. The molecule has 0 aliphatic carbocycles. The summed E-state index contributed by atoms with van der Waals surface area (Å²) < 4.78 is 0. The zero-order valence-corrected chi connectivity index (χ0v) is 9.28. The summed E-state index contributed by atoms with van der Waals surface area (Å²) in [4.78, 5) is 4.11. The average molecular weight is 235 g/mol. The molecule has 0 atom stereocenters. The topological polar surface area (TPSA) is 45.1 Å². The number of nitrogens with one attached hydrogen (secondary N) is 1. The summed E-state index contributed by atoms with van der Waals surface area (Å²) in [6.07, 6.45) is 1.59. The van der Waals surface area contributed by atoms with Gasteiger partial charge in [-0.25, -0.2) is 4.98 Å². The highest BCUT2D eigenvalue weighted by molar-refractivity contribution is 6.30. The van der Waals surface area contributed by atoms with Gasteiger partial charge >= 0.3 is 0 Å². The highest BCUT2D eigenvalue weighted by atomic mass is 35.5. The van der Waals surface area contributed by atoms with E-state index in [0.717, 1.165) is 11.4 Å². The van der Waals surface area contributed by atoms with E-state index >= 15 is 0 Å². The van der Waals surface area contributed by atoms with Crippen molar-refractivity contribution in [3.8, 4) is 5.75 Å². The molecule has 0 unspecified atom stereocenters. The molecule has 16 heavy (non-hydrogen) atoms. The number of nitrogens with zero attached hydrogens (tertiary/aromatic N) is 1. The molecule has 0 aliphatic rings. The Morgan fingerprint density at radius 3 is 2.81 bits per heavy atom. The summed E-state index contributed by atoms with van der Waals surface area (Å²) in [5.74, 6) is 1.02. The van der Waals surface area contributed by atoms with Crippen molar-refractivity contribution in [2.24, 2.45) is 0 Å². The quantitative estimate of drug-likeness (QED) is 0.858. The molecular formula is C12H11ClN2O. The number of pyridine rings is 1. The summed E-state index contributed by atoms with van der Waals surface area (Å²) in [5, 5.41) is 13.0. The smallest absolute Gasteiger partial charge is 0.126 e. The van der Waals surface area contributed by atoms with Gasteiger partial charge in [0.1, 0.15) is 11.6 Å². The number of anilines is 1. The molecule has 0 fully saturated rings. The van der Waals surface area contributed by atoms with Gasteiger partial charge in [-0.05, 0) is 29.8 Å². The summed E-state index contributed by atoms with van der Waals surface area (Å²) in [5.41, 5.74) is 0.997. The van der Waals surface area contributed by atoms with Gasteiger partial charge in [0.15, 0.2) is 0 Å². The number of halogens is 1. The van der Waals surface area contributed by atoms with E-state index in [1.165, 1.54) is 0 Å². The molecule has 1 aromatic carbocycles. The number of phenolic OH excluding ortho intramolecular Hbond substituents is 1. The Morgan fingerprint density at radius 2 is 2.12 bits per heavy atom. The lowest BCUT2D eigenvalue weighted by Gasteiger charge is -2.05. The number of aromatic nitrogens is 1. The minimum absolute atomic E-state index is 0.267. The van der Waals surface area contributed by atoms with Gasteiger partial charge < -0.3 is 10.4 Å². The molecule has 0 spiro atoms. The third-order valence-electron chi connectivity index (χ3n) is 2.11. The Kier molecular flexibility index (Phi) is 3.27. The second-order valence-electron chi connectivity index (χ2n) is 3.39. The molecule has 0 aliphatic heterocycles. The second-order valence-corrected chi connectivity index (χ2v) is 3.82. The summed E-state index contributed by atoms with van der Waals surface area (Å²) in [6.45, 7) is 0.614. The Bertz CT molecular complexity index is 471. The Hall–Kier alpha value is -1.74. The lowest BCUT2D eigenvalue weighted by Crippen LogP contribution is -2.00. The molecular weight excluding hydrogens is 224 g/mol. The van der Waals surface area contributed by atoms with Crippen LogP contribution in [0.3, 0.4) is 0 Å². The van der Waals surface area contributed by atoms with Gasteiger partial charge in [0, 0.05) is 12.7 Å². The predicted molar refractivity (Wildman–Crippen MR) is 64.7 cm³/mol. The van der Waals surface area contributed by atoms with Crippen molar-refractivity contribution in [2.45, 2.75) is 6.54 Å². The largest absolute Gasteiger partial charge is 0.508 e. The zero-order valence-electron chi connectivity index (χ0n) is 8.52. The molecule has 0 bridgehead atoms. The second kappa shape index (κ2) is 4.86. The van der Waals surface area contributed by atoms with Crippen LogP contribution in [0.15, 0.2) is 42.6 Å². The molecule has 82 valence electrons. The summed E-state index contributed by atoms with van der Waals surface area (Å²) in [6, 6.07) is 10.7. The first-order valence-electron chi connectivity index (χ1n) is 4.87. The van der Waals surface area contributed by atoms with E-state index < -0.39 is 0 Å². The third-order valence-corrected chi connectivity index (χ3v) is 2.34. The number of rotatable bonds is 3. The summed E-state index contributed by atoms with van der Waals surface area (Å²) in [7, 11) is 0. The van der Waals surface area contributed by atoms with Crippen LogP contribution < -0.4 is 5.32 Å². The van der Waals surface area contributed by atoms with Crippen molar-refractivity contribution >= 4 is 17.4 Å². The maximum atomic E-state index is 9.29. The first kappa shape index (κ1) is 10.8. The van der Waals surface area contributed by atoms with E-state index in [0.29, 0.717) is 11.6 Å². The van der Waals surface area contributed by atoms with Crippen LogP contribution in [0.5, 0.6) is 5.75 Å². The van der Waals surface area contributed by atoms with E-state index in [9.17, 15) is 5.11 Å². The molecule has 2 N–H and O–H groups in total. The van der Waals surface area contributed by atoms with Crippen LogP contribution in [-0.2, 0) is 6.54 Å². The molecule has 0 radical (unpaired) electrons. The van der Waals surface area contributed by atoms with E-state index in [-0.39, 0.29) is 5.75 Å². The monoisotopic (exact) mass is 234 g/mol. The molecule has 4 heteroatoms. The number of hydrogen-bond donors (Lipinski definition) is 2. The van der Waals surface area contributed by atoms with Crippen LogP contribution in [0, 0.1) is 0 Å². The van der Waals surface area contributed by atoms with Crippen LogP contribution in [-0.4, -0.2) is 10.1 Å². The zero-order chi connectivity index (χ0) is 11.4. The van der Waals surface area contributed by atoms with Gasteiger partial charge in [-0.15, -0.1) is 0 Å². The summed E-state index contributed by atoms with van der Waals surface area (Å²) >= 11 is 5.73. The number of aromatic hydroxyl groups is 1. The fourth-order valence-corrected chi connectivity index (χ4v) is 1.45. The van der Waals surface area contributed by atoms with Crippen molar-refractivity contribution in [1.82, 2.24) is 4.98 Å². The number of hydrogen-bond acceptors (Lipinski definition) is 3. The molecule has 0 saturated heterocycles. The Morgan fingerprint density at radius 1 is 1.25 bits per heavy atom. The van der Waals surface area contributed by atoms with Crippen molar-refractivity contribution in [2.75, 3.05) is 5.32 Å². The van der Waals surface area contributed by atoms with Crippen molar-refractivity contribution in [3.05, 3.63) is 53.2 Å². The third kappa shape index (κ3) is 2.87. The molecule has 3 nitrogen and oxygen atoms in total. The van der Waals surface area contributed by atoms with Crippen molar-refractivity contribution < 1.29 is 5.11 Å². The van der Waals surface area contributed by atoms with Gasteiger partial charge in [0.05, 0.1) is 5.02 Å². The van der Waals surface area contributed by atoms with Gasteiger partial charge in [0.2, 0.25) is 0 Å². The van der Waals surface area contributed by atoms with E-state index in [4.69, 9.17) is 11.6 Å². The molecule has 0 saturated carbocycles. The first-order valence-corrected chi connectivity index (χ1v) is 5.25. The van der Waals surface area contributed by atoms with Gasteiger partial charge in [-0.3, -0.25) is 0 Å². The molecule has 1 heterocycles. The van der Waals surface area contributed by atoms with Gasteiger partial charge in [0.25, 0.3) is 0 Å². The van der Waals surface area contributed by atoms with Crippen molar-refractivity contribution in [3.63, 3.8) is 0 Å². The van der Waals surface area contributed by atoms with Gasteiger partial charge in [-0.2, -0.15) is 0 Å². The first-order chi connectivity index (χ1) is 7.74. The van der Waals surface area contributed by atoms with Crippen molar-refractivity contribution in [1.29, 1.82) is 0 Å². The standard InChI is InChI=1S/C12H11ClN2O/c13-10-4-5-12(15-8-10)14-7-9-2-1-3-11(16)6-9/h1-6,8,16H,7H2,(H,14,15). The maximum absolute atomic E-state index is 9.29. The number of phenols is 1. The van der Waals surface area contributed by atoms with E-state index in [2.05, 4.69) is 10.3 Å². The molecule has 2 aromatic rings. The van der Waals surface area contributed by atoms with E-state index in [1.807, 2.05) is 18.2 Å². The lowest BCUT2D eigenvalue weighted by molar-refractivity contribution is 0.474. The van der Waals surface area contributed by atoms with Crippen LogP contribution in [0.2, 0.25) is 5.02 Å². The fourth-order valence-electron chi connectivity index (χ4n) is 1.34. The Balaban J connectivity index is 1.99. The van der Waals surface area contributed by atoms with Crippen LogP contribution in [0.25, 0.3) is 0 Å². The molecule has 0 amide bonds. The van der Waals surface area contributed by atoms with E-state index in [1.54, 1.807) is 24.4 Å². The fraction of sp³-hybridized carbons (Fsp3) is 0.0833. The highest BCUT2D eigenvalue weighted by Crippen LogP contribution is 2.13. The van der Waals surface area contributed by atoms with Crippen LogP contribution >= 0.6 is 11.6 Å². The van der Waals surface area contributed by atoms with Crippen LogP contribution in [0.4, 0.5) is 5.82 Å². The minimum atomic E-state index is 0.267. The van der Waals surface area contributed by atoms with Gasteiger partial charge in [-0.1, -0.05) is 23.7 Å². The molecule has 2 rings (SSSR count). The normalized spacial score (nSPS) is 10.1. The van der Waals surface area contributed by atoms with Crippen LogP contribution in [0.1, 0.15) is 5.56 Å². The average Bonchev–Trinajstić information content (AvgIpc) is 2.28. The Labute approximate surface area is 98.7 Å².